The number of aromatic nitrogens is 4. The molecule has 2 aromatic rings. The van der Waals surface area contributed by atoms with Gasteiger partial charge in [-0.05, 0) is 13.8 Å². The van der Waals surface area contributed by atoms with Crippen molar-refractivity contribution in [1.29, 1.82) is 0 Å². The summed E-state index contributed by atoms with van der Waals surface area (Å²) >= 11 is 0. The van der Waals surface area contributed by atoms with E-state index in [2.05, 4.69) is 15.0 Å². The minimum atomic E-state index is -0.0515. The first-order valence-electron chi connectivity index (χ1n) is 5.34. The summed E-state index contributed by atoms with van der Waals surface area (Å²) in [6, 6.07) is 0. The topological polar surface area (TPSA) is 60.7 Å². The number of aryl methyl sites for hydroxylation is 3. The summed E-state index contributed by atoms with van der Waals surface area (Å²) in [5.41, 5.74) is 2.46. The maximum absolute atomic E-state index is 11.3. The first-order chi connectivity index (χ1) is 7.99. The molecular formula is C12H14N4O. The van der Waals surface area contributed by atoms with E-state index in [1.165, 1.54) is 6.92 Å². The lowest BCUT2D eigenvalue weighted by molar-refractivity contribution is 0.100. The number of carbonyl (C=O) groups is 1. The van der Waals surface area contributed by atoms with Crippen LogP contribution in [0.1, 0.15) is 29.1 Å². The zero-order valence-electron chi connectivity index (χ0n) is 10.4. The summed E-state index contributed by atoms with van der Waals surface area (Å²) in [5.74, 6) is 1.12. The SMILES string of the molecule is CC(=O)c1nc(-c2cnc(C)nc2C)cn1C. The van der Waals surface area contributed by atoms with Gasteiger partial charge in [0, 0.05) is 31.9 Å². The molecule has 0 atom stereocenters. The first kappa shape index (κ1) is 11.4. The molecule has 2 aromatic heterocycles. The third-order valence-electron chi connectivity index (χ3n) is 2.57. The van der Waals surface area contributed by atoms with Crippen molar-refractivity contribution in [3.63, 3.8) is 0 Å². The van der Waals surface area contributed by atoms with Crippen molar-refractivity contribution in [2.45, 2.75) is 20.8 Å². The fraction of sp³-hybridized carbons (Fsp3) is 0.333. The monoisotopic (exact) mass is 230 g/mol. The highest BCUT2D eigenvalue weighted by Gasteiger charge is 2.13. The van der Waals surface area contributed by atoms with Crippen LogP contribution in [0.25, 0.3) is 11.3 Å². The van der Waals surface area contributed by atoms with Gasteiger partial charge in [0.2, 0.25) is 0 Å². The second-order valence-electron chi connectivity index (χ2n) is 4.03. The minimum Gasteiger partial charge on any atom is -0.331 e. The molecule has 0 saturated carbocycles. The fourth-order valence-electron chi connectivity index (χ4n) is 1.76. The largest absolute Gasteiger partial charge is 0.331 e. The van der Waals surface area contributed by atoms with Gasteiger partial charge in [-0.15, -0.1) is 0 Å². The Labute approximate surface area is 99.6 Å². The molecule has 0 bridgehead atoms. The number of carbonyl (C=O) groups excluding carboxylic acids is 1. The van der Waals surface area contributed by atoms with Crippen molar-refractivity contribution in [3.8, 4) is 11.3 Å². The average Bonchev–Trinajstić information content (AvgIpc) is 2.60. The Hall–Kier alpha value is -2.04. The van der Waals surface area contributed by atoms with E-state index < -0.39 is 0 Å². The van der Waals surface area contributed by atoms with Crippen LogP contribution in [0.15, 0.2) is 12.4 Å². The van der Waals surface area contributed by atoms with Crippen molar-refractivity contribution in [2.24, 2.45) is 7.05 Å². The molecule has 0 amide bonds. The van der Waals surface area contributed by atoms with Gasteiger partial charge in [0.25, 0.3) is 0 Å². The molecule has 0 aliphatic carbocycles. The molecule has 2 heterocycles. The van der Waals surface area contributed by atoms with Gasteiger partial charge in [0.15, 0.2) is 11.6 Å². The summed E-state index contributed by atoms with van der Waals surface area (Å²) in [4.78, 5) is 24.1. The van der Waals surface area contributed by atoms with Crippen LogP contribution in [0.5, 0.6) is 0 Å². The molecule has 5 heteroatoms. The van der Waals surface area contributed by atoms with Crippen molar-refractivity contribution in [3.05, 3.63) is 29.7 Å². The number of hydrogen-bond donors (Lipinski definition) is 0. The van der Waals surface area contributed by atoms with Crippen molar-refractivity contribution in [1.82, 2.24) is 19.5 Å². The van der Waals surface area contributed by atoms with Crippen LogP contribution in [-0.4, -0.2) is 25.3 Å². The molecule has 17 heavy (non-hydrogen) atoms. The molecule has 0 unspecified atom stereocenters. The van der Waals surface area contributed by atoms with Gasteiger partial charge < -0.3 is 4.57 Å². The van der Waals surface area contributed by atoms with Gasteiger partial charge in [-0.1, -0.05) is 0 Å². The second-order valence-corrected chi connectivity index (χ2v) is 4.03. The third kappa shape index (κ3) is 2.08. The van der Waals surface area contributed by atoms with E-state index in [1.54, 1.807) is 17.8 Å². The molecule has 0 saturated heterocycles. The van der Waals surface area contributed by atoms with E-state index in [9.17, 15) is 4.79 Å². The molecule has 0 aliphatic rings. The summed E-state index contributed by atoms with van der Waals surface area (Å²) in [5, 5.41) is 0. The zero-order valence-corrected chi connectivity index (χ0v) is 10.4. The van der Waals surface area contributed by atoms with Gasteiger partial charge in [-0.25, -0.2) is 15.0 Å². The third-order valence-corrected chi connectivity index (χ3v) is 2.57. The summed E-state index contributed by atoms with van der Waals surface area (Å²) < 4.78 is 1.72. The standard InChI is InChI=1S/C12H14N4O/c1-7-10(5-13-9(3)14-7)11-6-16(4)12(15-11)8(2)17/h5-6H,1-4H3. The predicted octanol–water partition coefficient (Wildman–Crippen LogP) is 1.70. The van der Waals surface area contributed by atoms with Crippen molar-refractivity contribution in [2.75, 3.05) is 0 Å². The number of ketones is 1. The Kier molecular flexibility index (Phi) is 2.75. The van der Waals surface area contributed by atoms with Gasteiger partial charge in [-0.2, -0.15) is 0 Å². The fourth-order valence-corrected chi connectivity index (χ4v) is 1.76. The van der Waals surface area contributed by atoms with Crippen LogP contribution in [0.4, 0.5) is 0 Å². The number of rotatable bonds is 2. The molecule has 88 valence electrons. The minimum absolute atomic E-state index is 0.0515. The van der Waals surface area contributed by atoms with E-state index in [1.807, 2.05) is 20.0 Å². The van der Waals surface area contributed by atoms with Crippen LogP contribution in [0, 0.1) is 13.8 Å². The lowest BCUT2D eigenvalue weighted by Crippen LogP contribution is -2.02. The molecule has 0 fully saturated rings. The van der Waals surface area contributed by atoms with Gasteiger partial charge in [0.05, 0.1) is 11.4 Å². The van der Waals surface area contributed by atoms with Crippen LogP contribution in [-0.2, 0) is 7.05 Å². The Morgan fingerprint density at radius 1 is 1.29 bits per heavy atom. The van der Waals surface area contributed by atoms with E-state index in [-0.39, 0.29) is 5.78 Å². The molecule has 2 rings (SSSR count). The summed E-state index contributed by atoms with van der Waals surface area (Å²) in [7, 11) is 1.80. The van der Waals surface area contributed by atoms with E-state index in [4.69, 9.17) is 0 Å². The van der Waals surface area contributed by atoms with E-state index in [0.717, 1.165) is 22.8 Å². The quantitative estimate of drug-likeness (QED) is 0.737. The van der Waals surface area contributed by atoms with E-state index in [0.29, 0.717) is 5.82 Å². The Bertz CT molecular complexity index is 586. The zero-order chi connectivity index (χ0) is 12.6. The van der Waals surface area contributed by atoms with Crippen LogP contribution >= 0.6 is 0 Å². The highest BCUT2D eigenvalue weighted by molar-refractivity contribution is 5.91. The normalized spacial score (nSPS) is 10.6. The molecular weight excluding hydrogens is 216 g/mol. The first-order valence-corrected chi connectivity index (χ1v) is 5.34. The van der Waals surface area contributed by atoms with Crippen LogP contribution in [0.2, 0.25) is 0 Å². The van der Waals surface area contributed by atoms with Crippen LogP contribution < -0.4 is 0 Å². The second kappa shape index (κ2) is 4.08. The summed E-state index contributed by atoms with van der Waals surface area (Å²) in [6.07, 6.45) is 3.56. The Morgan fingerprint density at radius 2 is 2.00 bits per heavy atom. The molecule has 0 N–H and O–H groups in total. The molecule has 0 aliphatic heterocycles. The molecule has 5 nitrogen and oxygen atoms in total. The highest BCUT2D eigenvalue weighted by atomic mass is 16.1. The Morgan fingerprint density at radius 3 is 2.53 bits per heavy atom. The maximum Gasteiger partial charge on any atom is 0.195 e. The van der Waals surface area contributed by atoms with Gasteiger partial charge in [0.1, 0.15) is 5.82 Å². The van der Waals surface area contributed by atoms with E-state index >= 15 is 0 Å². The molecule has 0 aromatic carbocycles. The Balaban J connectivity index is 2.53. The molecule has 0 radical (unpaired) electrons. The maximum atomic E-state index is 11.3. The number of imidazole rings is 1. The van der Waals surface area contributed by atoms with Crippen LogP contribution in [0.3, 0.4) is 0 Å². The smallest absolute Gasteiger partial charge is 0.195 e. The lowest BCUT2D eigenvalue weighted by Gasteiger charge is -2.01. The highest BCUT2D eigenvalue weighted by Crippen LogP contribution is 2.20. The predicted molar refractivity (Wildman–Crippen MR) is 63.7 cm³/mol. The van der Waals surface area contributed by atoms with Crippen molar-refractivity contribution >= 4 is 5.78 Å². The number of nitrogens with zero attached hydrogens (tertiary/aromatic N) is 4. The number of hydrogen-bond acceptors (Lipinski definition) is 4. The van der Waals surface area contributed by atoms with Crippen molar-refractivity contribution < 1.29 is 4.79 Å². The van der Waals surface area contributed by atoms with Gasteiger partial charge >= 0.3 is 0 Å². The molecule has 0 spiro atoms. The average molecular weight is 230 g/mol. The van der Waals surface area contributed by atoms with Gasteiger partial charge in [-0.3, -0.25) is 4.79 Å². The lowest BCUT2D eigenvalue weighted by atomic mass is 10.2. The number of Topliss-reactive ketones (excluding diaryl/α,β-unsaturated/α-hetero) is 1. The summed E-state index contributed by atoms with van der Waals surface area (Å²) in [6.45, 7) is 5.26.